The molecule has 60 heavy (non-hydrogen) atoms. The molecule has 6 N–H and O–H groups in total. The number of unbranched alkanes of at least 4 members (excludes halogenated alkanes) is 26. The van der Waals surface area contributed by atoms with Gasteiger partial charge in [-0.3, -0.25) is 18.6 Å². The number of ether oxygens (including phenoxy) is 2. The van der Waals surface area contributed by atoms with Crippen molar-refractivity contribution < 1.29 is 63.1 Å². The van der Waals surface area contributed by atoms with Crippen LogP contribution in [-0.2, 0) is 32.7 Å². The molecule has 0 heterocycles. The largest absolute Gasteiger partial charge is 0.472 e. The predicted molar refractivity (Wildman–Crippen MR) is 235 cm³/mol. The highest BCUT2D eigenvalue weighted by Gasteiger charge is 2.51. The summed E-state index contributed by atoms with van der Waals surface area (Å²) in [5.74, 6) is -1.13. The summed E-state index contributed by atoms with van der Waals surface area (Å²) < 4.78 is 33.4. The minimum atomic E-state index is -5.11. The Labute approximate surface area is 363 Å². The third-order valence-electron chi connectivity index (χ3n) is 11.4. The van der Waals surface area contributed by atoms with Gasteiger partial charge in [-0.15, -0.1) is 0 Å². The molecule has 0 spiro atoms. The summed E-state index contributed by atoms with van der Waals surface area (Å²) >= 11 is 0. The Bertz CT molecular complexity index is 1110. The second-order valence-corrected chi connectivity index (χ2v) is 18.4. The molecule has 1 rings (SSSR count). The van der Waals surface area contributed by atoms with Gasteiger partial charge in [0.05, 0.1) is 6.61 Å². The molecule has 1 aliphatic rings. The molecule has 354 valence electrons. The Morgan fingerprint density at radius 1 is 0.500 bits per heavy atom. The number of hydrogen-bond acceptors (Lipinski definition) is 12. The fraction of sp³-hybridized carbons (Fsp3) is 0.913. The lowest BCUT2D eigenvalue weighted by molar-refractivity contribution is -0.220. The number of aliphatic hydroxyl groups is 5. The monoisotopic (exact) mass is 879 g/mol. The first kappa shape index (κ1) is 56.6. The molecule has 0 aromatic carbocycles. The van der Waals surface area contributed by atoms with Gasteiger partial charge < -0.3 is 39.9 Å². The fourth-order valence-corrected chi connectivity index (χ4v) is 8.44. The van der Waals surface area contributed by atoms with Crippen LogP contribution in [-0.4, -0.2) is 98.3 Å². The van der Waals surface area contributed by atoms with Crippen molar-refractivity contribution in [2.45, 2.75) is 256 Å². The van der Waals surface area contributed by atoms with Crippen LogP contribution in [0, 0.1) is 0 Å². The minimum Gasteiger partial charge on any atom is -0.462 e. The van der Waals surface area contributed by atoms with E-state index in [-0.39, 0.29) is 12.8 Å². The first-order valence-corrected chi connectivity index (χ1v) is 25.5. The number of aliphatic hydroxyl groups excluding tert-OH is 5. The number of rotatable bonds is 40. The fourth-order valence-electron chi connectivity index (χ4n) is 7.47. The summed E-state index contributed by atoms with van der Waals surface area (Å²) in [6.45, 7) is 3.25. The van der Waals surface area contributed by atoms with E-state index in [0.29, 0.717) is 19.3 Å². The average molecular weight is 879 g/mol. The maximum atomic E-state index is 12.8. The standard InChI is InChI=1S/C46H87O13P/c1-3-5-7-9-11-13-14-15-16-17-18-19-20-21-22-23-24-25-26-27-29-31-33-35-40(48)58-38(36-56-39(47)34-32-30-28-12-10-8-6-4-2)37-57-60(54,55)59-46-44(52)42(50)41(49)43(51)45(46)53/h27,29,38,41-46,49-53H,3-26,28,30-37H2,1-2H3,(H,54,55)/b29-27+/t38-,41?,42+,43?,44?,45?,46?/m1/s1. The number of hydrogen-bond donors (Lipinski definition) is 6. The van der Waals surface area contributed by atoms with Gasteiger partial charge in [0.15, 0.2) is 6.10 Å². The van der Waals surface area contributed by atoms with Crippen LogP contribution in [0.3, 0.4) is 0 Å². The molecule has 0 aromatic heterocycles. The molecule has 0 aromatic rings. The van der Waals surface area contributed by atoms with Gasteiger partial charge in [0.2, 0.25) is 0 Å². The van der Waals surface area contributed by atoms with Crippen LogP contribution in [0.15, 0.2) is 12.2 Å². The summed E-state index contributed by atoms with van der Waals surface area (Å²) in [6.07, 6.45) is 26.0. The van der Waals surface area contributed by atoms with Gasteiger partial charge in [-0.2, -0.15) is 0 Å². The van der Waals surface area contributed by atoms with Crippen LogP contribution < -0.4 is 0 Å². The Kier molecular flexibility index (Phi) is 34.9. The van der Waals surface area contributed by atoms with Crippen molar-refractivity contribution in [3.8, 4) is 0 Å². The van der Waals surface area contributed by atoms with Gasteiger partial charge in [0.1, 0.15) is 43.2 Å². The quantitative estimate of drug-likeness (QED) is 0.0147. The van der Waals surface area contributed by atoms with Crippen LogP contribution in [0.4, 0.5) is 0 Å². The van der Waals surface area contributed by atoms with Crippen molar-refractivity contribution in [1.29, 1.82) is 0 Å². The molecule has 0 amide bonds. The summed E-state index contributed by atoms with van der Waals surface area (Å²) in [7, 11) is -5.11. The second kappa shape index (κ2) is 37.0. The zero-order valence-electron chi connectivity index (χ0n) is 37.5. The van der Waals surface area contributed by atoms with E-state index < -0.39 is 75.7 Å². The van der Waals surface area contributed by atoms with E-state index in [1.807, 2.05) is 0 Å². The molecule has 0 bridgehead atoms. The van der Waals surface area contributed by atoms with E-state index in [0.717, 1.165) is 32.1 Å². The highest BCUT2D eigenvalue weighted by molar-refractivity contribution is 7.47. The minimum absolute atomic E-state index is 0.0537. The van der Waals surface area contributed by atoms with Crippen LogP contribution in [0.25, 0.3) is 0 Å². The molecule has 13 nitrogen and oxygen atoms in total. The van der Waals surface area contributed by atoms with Crippen LogP contribution in [0.1, 0.15) is 213 Å². The average Bonchev–Trinajstić information content (AvgIpc) is 3.23. The zero-order valence-corrected chi connectivity index (χ0v) is 38.4. The maximum Gasteiger partial charge on any atom is 0.472 e. The third kappa shape index (κ3) is 29.0. The third-order valence-corrected chi connectivity index (χ3v) is 12.3. The Hall–Kier alpha value is -1.41. The molecule has 6 unspecified atom stereocenters. The normalized spacial score (nSPS) is 22.2. The number of phosphoric ester groups is 1. The number of esters is 2. The molecule has 1 saturated carbocycles. The van der Waals surface area contributed by atoms with Crippen LogP contribution in [0.2, 0.25) is 0 Å². The molecule has 0 radical (unpaired) electrons. The van der Waals surface area contributed by atoms with E-state index in [4.69, 9.17) is 18.5 Å². The molecule has 0 aliphatic heterocycles. The first-order valence-electron chi connectivity index (χ1n) is 24.0. The summed E-state index contributed by atoms with van der Waals surface area (Å²) in [5.41, 5.74) is 0. The molecule has 14 heteroatoms. The lowest BCUT2D eigenvalue weighted by atomic mass is 9.85. The molecule has 0 saturated heterocycles. The number of carbonyl (C=O) groups excluding carboxylic acids is 2. The molecule has 1 aliphatic carbocycles. The Morgan fingerprint density at radius 2 is 0.867 bits per heavy atom. The highest BCUT2D eigenvalue weighted by atomic mass is 31.2. The smallest absolute Gasteiger partial charge is 0.462 e. The number of carbonyl (C=O) groups is 2. The Morgan fingerprint density at radius 3 is 1.32 bits per heavy atom. The predicted octanol–water partition coefficient (Wildman–Crippen LogP) is 9.45. The van der Waals surface area contributed by atoms with Crippen molar-refractivity contribution in [2.24, 2.45) is 0 Å². The van der Waals surface area contributed by atoms with Crippen LogP contribution in [0.5, 0.6) is 0 Å². The topological polar surface area (TPSA) is 210 Å². The van der Waals surface area contributed by atoms with E-state index >= 15 is 0 Å². The van der Waals surface area contributed by atoms with E-state index in [9.17, 15) is 44.6 Å². The van der Waals surface area contributed by atoms with Crippen molar-refractivity contribution in [2.75, 3.05) is 13.2 Å². The van der Waals surface area contributed by atoms with Crippen molar-refractivity contribution in [3.05, 3.63) is 12.2 Å². The van der Waals surface area contributed by atoms with Crippen LogP contribution >= 0.6 is 7.82 Å². The van der Waals surface area contributed by atoms with Gasteiger partial charge >= 0.3 is 19.8 Å². The first-order chi connectivity index (χ1) is 28.9. The second-order valence-electron chi connectivity index (χ2n) is 17.0. The summed E-state index contributed by atoms with van der Waals surface area (Å²) in [4.78, 5) is 35.5. The molecular formula is C46H87O13P. The van der Waals surface area contributed by atoms with Crippen molar-refractivity contribution >= 4 is 19.8 Å². The van der Waals surface area contributed by atoms with Gasteiger partial charge in [-0.25, -0.2) is 4.57 Å². The SMILES string of the molecule is CCCCCCCCCCCCCCCCCCCC/C=C/CCCC(=O)O[C@H](COC(=O)CCCCCCCCCC)COP(=O)(O)OC1C(O)C(O)C(O)[C@H](O)C1O. The Balaban J connectivity index is 2.35. The highest BCUT2D eigenvalue weighted by Crippen LogP contribution is 2.47. The van der Waals surface area contributed by atoms with Crippen molar-refractivity contribution in [3.63, 3.8) is 0 Å². The molecular weight excluding hydrogens is 791 g/mol. The lowest BCUT2D eigenvalue weighted by Gasteiger charge is -2.41. The van der Waals surface area contributed by atoms with Gasteiger partial charge in [-0.05, 0) is 32.1 Å². The van der Waals surface area contributed by atoms with Crippen molar-refractivity contribution in [1.82, 2.24) is 0 Å². The van der Waals surface area contributed by atoms with Gasteiger partial charge in [0.25, 0.3) is 0 Å². The summed E-state index contributed by atoms with van der Waals surface area (Å²) in [5, 5.41) is 50.0. The van der Waals surface area contributed by atoms with Gasteiger partial charge in [-0.1, -0.05) is 180 Å². The van der Waals surface area contributed by atoms with E-state index in [1.165, 1.54) is 135 Å². The summed E-state index contributed by atoms with van der Waals surface area (Å²) in [6, 6.07) is 0. The van der Waals surface area contributed by atoms with Gasteiger partial charge in [0, 0.05) is 12.8 Å². The lowest BCUT2D eigenvalue weighted by Crippen LogP contribution is -2.64. The maximum absolute atomic E-state index is 12.8. The van der Waals surface area contributed by atoms with E-state index in [2.05, 4.69) is 26.0 Å². The number of phosphoric acid groups is 1. The van der Waals surface area contributed by atoms with E-state index in [1.54, 1.807) is 0 Å². The molecule has 8 atom stereocenters. The number of allylic oxidation sites excluding steroid dienone is 2. The zero-order chi connectivity index (χ0) is 44.3. The molecule has 1 fully saturated rings.